The molecule has 1 aromatic carbocycles. The number of unbranched alkanes of at least 4 members (excludes halogenated alkanes) is 2. The van der Waals surface area contributed by atoms with Gasteiger partial charge in [-0.1, -0.05) is 38.0 Å². The molecule has 1 aromatic heterocycles. The molecule has 0 aliphatic carbocycles. The summed E-state index contributed by atoms with van der Waals surface area (Å²) in [6, 6.07) is 7.32. The van der Waals surface area contributed by atoms with Gasteiger partial charge in [0.1, 0.15) is 11.9 Å². The van der Waals surface area contributed by atoms with Crippen LogP contribution in [-0.4, -0.2) is 27.1 Å². The lowest BCUT2D eigenvalue weighted by Gasteiger charge is -2.05. The first-order valence-electron chi connectivity index (χ1n) is 8.14. The number of hydrogen-bond acceptors (Lipinski definition) is 5. The molecule has 0 radical (unpaired) electrons. The van der Waals surface area contributed by atoms with Crippen LogP contribution in [0.3, 0.4) is 0 Å². The number of aryl methyl sites for hydroxylation is 1. The maximum absolute atomic E-state index is 12.1. The summed E-state index contributed by atoms with van der Waals surface area (Å²) >= 11 is 0. The van der Waals surface area contributed by atoms with Crippen molar-refractivity contribution in [2.75, 3.05) is 6.61 Å². The Morgan fingerprint density at radius 2 is 2.04 bits per heavy atom. The standard InChI is InChI=1S/C18H21N3O4/c1-3-4-5-12-25-15-9-6-14(7-10-15)8-11-17(22)18-16(21(23)24)13-20(2)19-18/h6-11,13H,3-5,12H2,1-2H3/b11-8+. The fourth-order valence-corrected chi connectivity index (χ4v) is 2.25. The van der Waals surface area contributed by atoms with Gasteiger partial charge < -0.3 is 4.74 Å². The number of nitrogens with zero attached hydrogens (tertiary/aromatic N) is 3. The molecule has 0 N–H and O–H groups in total. The van der Waals surface area contributed by atoms with Crippen molar-refractivity contribution in [3.05, 3.63) is 57.9 Å². The molecule has 7 nitrogen and oxygen atoms in total. The van der Waals surface area contributed by atoms with Gasteiger partial charge >= 0.3 is 5.69 Å². The van der Waals surface area contributed by atoms with E-state index in [4.69, 9.17) is 4.74 Å². The van der Waals surface area contributed by atoms with E-state index in [1.807, 2.05) is 24.3 Å². The Hall–Kier alpha value is -2.96. The minimum absolute atomic E-state index is 0.167. The summed E-state index contributed by atoms with van der Waals surface area (Å²) in [5.41, 5.74) is 0.334. The van der Waals surface area contributed by atoms with Gasteiger partial charge in [-0.05, 0) is 30.2 Å². The molecule has 0 aliphatic rings. The van der Waals surface area contributed by atoms with Crippen LogP contribution < -0.4 is 4.74 Å². The first-order valence-corrected chi connectivity index (χ1v) is 8.14. The molecular weight excluding hydrogens is 322 g/mol. The topological polar surface area (TPSA) is 87.3 Å². The van der Waals surface area contributed by atoms with Gasteiger partial charge in [0.05, 0.1) is 11.5 Å². The van der Waals surface area contributed by atoms with Crippen LogP contribution in [0.2, 0.25) is 0 Å². The Kier molecular flexibility index (Phi) is 6.45. The van der Waals surface area contributed by atoms with E-state index >= 15 is 0 Å². The Bertz CT molecular complexity index is 763. The van der Waals surface area contributed by atoms with Crippen LogP contribution in [-0.2, 0) is 7.05 Å². The van der Waals surface area contributed by atoms with Crippen LogP contribution >= 0.6 is 0 Å². The third-order valence-electron chi connectivity index (χ3n) is 3.56. The smallest absolute Gasteiger partial charge is 0.318 e. The van der Waals surface area contributed by atoms with E-state index in [1.54, 1.807) is 6.08 Å². The van der Waals surface area contributed by atoms with Gasteiger partial charge in [-0.2, -0.15) is 5.10 Å². The van der Waals surface area contributed by atoms with Crippen LogP contribution in [0.15, 0.2) is 36.5 Å². The second kappa shape index (κ2) is 8.77. The molecule has 1 heterocycles. The molecule has 0 spiro atoms. The van der Waals surface area contributed by atoms with Gasteiger partial charge in [-0.3, -0.25) is 19.6 Å². The van der Waals surface area contributed by atoms with E-state index in [9.17, 15) is 14.9 Å². The van der Waals surface area contributed by atoms with E-state index in [0.717, 1.165) is 30.6 Å². The maximum Gasteiger partial charge on any atom is 0.318 e. The quantitative estimate of drug-likeness (QED) is 0.227. The highest BCUT2D eigenvalue weighted by molar-refractivity contribution is 6.07. The van der Waals surface area contributed by atoms with Gasteiger partial charge in [0.15, 0.2) is 0 Å². The number of hydrogen-bond donors (Lipinski definition) is 0. The van der Waals surface area contributed by atoms with Crippen LogP contribution in [0.25, 0.3) is 6.08 Å². The zero-order valence-electron chi connectivity index (χ0n) is 14.3. The van der Waals surface area contributed by atoms with Gasteiger partial charge in [-0.25, -0.2) is 0 Å². The van der Waals surface area contributed by atoms with Crippen LogP contribution in [0.1, 0.15) is 42.2 Å². The van der Waals surface area contributed by atoms with Crippen molar-refractivity contribution in [1.82, 2.24) is 9.78 Å². The molecule has 0 bridgehead atoms. The van der Waals surface area contributed by atoms with E-state index in [-0.39, 0.29) is 11.4 Å². The minimum atomic E-state index is -0.612. The highest BCUT2D eigenvalue weighted by atomic mass is 16.6. The number of carbonyl (C=O) groups is 1. The second-order valence-electron chi connectivity index (χ2n) is 5.62. The number of aromatic nitrogens is 2. The number of ketones is 1. The monoisotopic (exact) mass is 343 g/mol. The summed E-state index contributed by atoms with van der Waals surface area (Å²) < 4.78 is 6.88. The van der Waals surface area contributed by atoms with Crippen LogP contribution in [0, 0.1) is 10.1 Å². The molecular formula is C18H21N3O4. The number of nitro groups is 1. The Morgan fingerprint density at radius 1 is 1.32 bits per heavy atom. The molecule has 0 atom stereocenters. The zero-order chi connectivity index (χ0) is 18.2. The first-order chi connectivity index (χ1) is 12.0. The van der Waals surface area contributed by atoms with Gasteiger partial charge in [-0.15, -0.1) is 0 Å². The SMILES string of the molecule is CCCCCOc1ccc(/C=C/C(=O)c2nn(C)cc2[N+](=O)[O-])cc1. The molecule has 2 aromatic rings. The fraction of sp³-hybridized carbons (Fsp3) is 0.333. The van der Waals surface area contributed by atoms with E-state index in [0.29, 0.717) is 6.61 Å². The summed E-state index contributed by atoms with van der Waals surface area (Å²) in [7, 11) is 1.53. The molecule has 0 aliphatic heterocycles. The zero-order valence-corrected chi connectivity index (χ0v) is 14.3. The molecule has 25 heavy (non-hydrogen) atoms. The van der Waals surface area contributed by atoms with Crippen molar-refractivity contribution in [2.45, 2.75) is 26.2 Å². The average Bonchev–Trinajstić information content (AvgIpc) is 3.00. The maximum atomic E-state index is 12.1. The van der Waals surface area contributed by atoms with Gasteiger partial charge in [0.25, 0.3) is 0 Å². The Balaban J connectivity index is 1.99. The van der Waals surface area contributed by atoms with Crippen molar-refractivity contribution < 1.29 is 14.5 Å². The lowest BCUT2D eigenvalue weighted by molar-refractivity contribution is -0.385. The van der Waals surface area contributed by atoms with Crippen molar-refractivity contribution in [2.24, 2.45) is 7.05 Å². The molecule has 0 fully saturated rings. The molecule has 2 rings (SSSR count). The third-order valence-corrected chi connectivity index (χ3v) is 3.56. The van der Waals surface area contributed by atoms with E-state index < -0.39 is 10.7 Å². The Morgan fingerprint density at radius 3 is 2.68 bits per heavy atom. The minimum Gasteiger partial charge on any atom is -0.494 e. The molecule has 0 saturated carbocycles. The normalized spacial score (nSPS) is 11.0. The second-order valence-corrected chi connectivity index (χ2v) is 5.62. The van der Waals surface area contributed by atoms with Crippen molar-refractivity contribution >= 4 is 17.5 Å². The fourth-order valence-electron chi connectivity index (χ4n) is 2.25. The molecule has 0 unspecified atom stereocenters. The number of benzene rings is 1. The largest absolute Gasteiger partial charge is 0.494 e. The average molecular weight is 343 g/mol. The predicted octanol–water partition coefficient (Wildman–Crippen LogP) is 3.79. The van der Waals surface area contributed by atoms with Crippen molar-refractivity contribution in [3.8, 4) is 5.75 Å². The predicted molar refractivity (Wildman–Crippen MR) is 94.7 cm³/mol. The summed E-state index contributed by atoms with van der Waals surface area (Å²) in [5, 5.41) is 14.8. The molecule has 132 valence electrons. The highest BCUT2D eigenvalue weighted by Crippen LogP contribution is 2.18. The van der Waals surface area contributed by atoms with Gasteiger partial charge in [0, 0.05) is 7.05 Å². The summed E-state index contributed by atoms with van der Waals surface area (Å²) in [6.45, 7) is 2.83. The van der Waals surface area contributed by atoms with E-state index in [1.165, 1.54) is 24.0 Å². The molecule has 0 amide bonds. The summed E-state index contributed by atoms with van der Waals surface area (Å²) in [6.07, 6.45) is 7.41. The number of carbonyl (C=O) groups excluding carboxylic acids is 1. The Labute approximate surface area is 146 Å². The van der Waals surface area contributed by atoms with Crippen LogP contribution in [0.5, 0.6) is 5.75 Å². The number of rotatable bonds is 9. The lowest BCUT2D eigenvalue weighted by atomic mass is 10.1. The lowest BCUT2D eigenvalue weighted by Crippen LogP contribution is -2.01. The van der Waals surface area contributed by atoms with Gasteiger partial charge in [0.2, 0.25) is 11.5 Å². The van der Waals surface area contributed by atoms with Crippen molar-refractivity contribution in [3.63, 3.8) is 0 Å². The summed E-state index contributed by atoms with van der Waals surface area (Å²) in [5.74, 6) is 0.270. The van der Waals surface area contributed by atoms with Crippen molar-refractivity contribution in [1.29, 1.82) is 0 Å². The molecule has 0 saturated heterocycles. The highest BCUT2D eigenvalue weighted by Gasteiger charge is 2.22. The number of allylic oxidation sites excluding steroid dienone is 1. The third kappa shape index (κ3) is 5.27. The first kappa shape index (κ1) is 18.4. The van der Waals surface area contributed by atoms with E-state index in [2.05, 4.69) is 12.0 Å². The number of ether oxygens (including phenoxy) is 1. The van der Waals surface area contributed by atoms with Crippen LogP contribution in [0.4, 0.5) is 5.69 Å². The summed E-state index contributed by atoms with van der Waals surface area (Å²) in [4.78, 5) is 22.5. The molecule has 7 heteroatoms.